The third-order valence-electron chi connectivity index (χ3n) is 3.36. The van der Waals surface area contributed by atoms with Gasteiger partial charge in [-0.25, -0.2) is 0 Å². The number of amides is 1. The highest BCUT2D eigenvalue weighted by Gasteiger charge is 2.19. The summed E-state index contributed by atoms with van der Waals surface area (Å²) in [5.41, 5.74) is 7.10. The Kier molecular flexibility index (Phi) is 6.68. The van der Waals surface area contributed by atoms with Crippen LogP contribution in [-0.4, -0.2) is 18.0 Å². The van der Waals surface area contributed by atoms with Crippen molar-refractivity contribution in [1.82, 2.24) is 5.32 Å². The molecular weight excluding hydrogens is 268 g/mol. The van der Waals surface area contributed by atoms with E-state index < -0.39 is 0 Å². The Morgan fingerprint density at radius 3 is 2.72 bits per heavy atom. The summed E-state index contributed by atoms with van der Waals surface area (Å²) in [6.07, 6.45) is 5.59. The van der Waals surface area contributed by atoms with Crippen LogP contribution in [-0.2, 0) is 11.2 Å². The lowest BCUT2D eigenvalue weighted by Crippen LogP contribution is -2.40. The maximum Gasteiger partial charge on any atom is 0.220 e. The number of hydrogen-bond acceptors (Lipinski definition) is 3. The molecule has 5 heteroatoms. The van der Waals surface area contributed by atoms with Gasteiger partial charge in [0.2, 0.25) is 5.91 Å². The fourth-order valence-corrected chi connectivity index (χ4v) is 2.96. The number of hydrogen-bond donors (Lipinski definition) is 2. The molecule has 0 saturated heterocycles. The molecule has 1 aromatic heterocycles. The standard InChI is InChI=1S/C13H20N2OS.ClH/c14-11-2-4-12(5-3-11)15-13(16)6-1-10-7-8-17-9-10;/h7-9,11-12H,1-6,14H2,(H,15,16);1H. The van der Waals surface area contributed by atoms with Crippen LogP contribution in [0.5, 0.6) is 0 Å². The largest absolute Gasteiger partial charge is 0.353 e. The van der Waals surface area contributed by atoms with Crippen LogP contribution in [0.2, 0.25) is 0 Å². The summed E-state index contributed by atoms with van der Waals surface area (Å²) in [6, 6.07) is 2.77. The molecule has 102 valence electrons. The normalized spacial score (nSPS) is 23.2. The lowest BCUT2D eigenvalue weighted by atomic mass is 9.92. The average Bonchev–Trinajstić information content (AvgIpc) is 2.83. The minimum atomic E-state index is 0. The van der Waals surface area contributed by atoms with E-state index >= 15 is 0 Å². The van der Waals surface area contributed by atoms with Gasteiger partial charge in [0.1, 0.15) is 0 Å². The van der Waals surface area contributed by atoms with E-state index in [1.165, 1.54) is 5.56 Å². The van der Waals surface area contributed by atoms with Crippen LogP contribution in [0.15, 0.2) is 16.8 Å². The first-order valence-corrected chi connectivity index (χ1v) is 7.24. The number of carbonyl (C=O) groups is 1. The van der Waals surface area contributed by atoms with E-state index in [4.69, 9.17) is 5.73 Å². The zero-order valence-electron chi connectivity index (χ0n) is 10.4. The molecule has 18 heavy (non-hydrogen) atoms. The van der Waals surface area contributed by atoms with Crippen molar-refractivity contribution < 1.29 is 4.79 Å². The number of aryl methyl sites for hydroxylation is 1. The summed E-state index contributed by atoms with van der Waals surface area (Å²) in [6.45, 7) is 0. The summed E-state index contributed by atoms with van der Waals surface area (Å²) in [4.78, 5) is 11.7. The van der Waals surface area contributed by atoms with E-state index in [0.717, 1.165) is 32.1 Å². The number of carbonyl (C=O) groups excluding carboxylic acids is 1. The van der Waals surface area contributed by atoms with Gasteiger partial charge in [0.15, 0.2) is 0 Å². The zero-order chi connectivity index (χ0) is 12.1. The lowest BCUT2D eigenvalue weighted by Gasteiger charge is -2.26. The highest BCUT2D eigenvalue weighted by Crippen LogP contribution is 2.17. The second-order valence-electron chi connectivity index (χ2n) is 4.81. The van der Waals surface area contributed by atoms with E-state index in [1.54, 1.807) is 11.3 Å². The Bertz CT molecular complexity index is 348. The molecule has 1 saturated carbocycles. The van der Waals surface area contributed by atoms with Crippen molar-refractivity contribution >= 4 is 29.7 Å². The van der Waals surface area contributed by atoms with Crippen molar-refractivity contribution in [3.8, 4) is 0 Å². The minimum absolute atomic E-state index is 0. The molecule has 1 aromatic rings. The van der Waals surface area contributed by atoms with Crippen LogP contribution in [0.25, 0.3) is 0 Å². The molecule has 1 amide bonds. The highest BCUT2D eigenvalue weighted by molar-refractivity contribution is 7.07. The SMILES string of the molecule is Cl.NC1CCC(NC(=O)CCc2ccsc2)CC1. The van der Waals surface area contributed by atoms with E-state index in [-0.39, 0.29) is 18.3 Å². The molecule has 0 spiro atoms. The van der Waals surface area contributed by atoms with E-state index in [9.17, 15) is 4.79 Å². The molecule has 0 unspecified atom stereocenters. The predicted octanol–water partition coefficient (Wildman–Crippen LogP) is 2.49. The van der Waals surface area contributed by atoms with E-state index in [1.807, 2.05) is 0 Å². The molecule has 1 aliphatic carbocycles. The van der Waals surface area contributed by atoms with Crippen molar-refractivity contribution in [1.29, 1.82) is 0 Å². The van der Waals surface area contributed by atoms with Gasteiger partial charge < -0.3 is 11.1 Å². The molecule has 0 bridgehead atoms. The quantitative estimate of drug-likeness (QED) is 0.894. The van der Waals surface area contributed by atoms with Crippen LogP contribution < -0.4 is 11.1 Å². The Balaban J connectivity index is 0.00000162. The van der Waals surface area contributed by atoms with Gasteiger partial charge in [-0.1, -0.05) is 0 Å². The maximum atomic E-state index is 11.7. The fourth-order valence-electron chi connectivity index (χ4n) is 2.26. The summed E-state index contributed by atoms with van der Waals surface area (Å²) in [5, 5.41) is 7.27. The number of halogens is 1. The second-order valence-corrected chi connectivity index (χ2v) is 5.59. The van der Waals surface area contributed by atoms with Crippen LogP contribution in [0, 0.1) is 0 Å². The van der Waals surface area contributed by atoms with Crippen LogP contribution in [0.4, 0.5) is 0 Å². The van der Waals surface area contributed by atoms with Gasteiger partial charge in [0.25, 0.3) is 0 Å². The molecular formula is C13H21ClN2OS. The summed E-state index contributed by atoms with van der Waals surface area (Å²) < 4.78 is 0. The number of rotatable bonds is 4. The molecule has 3 N–H and O–H groups in total. The molecule has 1 heterocycles. The zero-order valence-corrected chi connectivity index (χ0v) is 12.1. The van der Waals surface area contributed by atoms with Gasteiger partial charge >= 0.3 is 0 Å². The van der Waals surface area contributed by atoms with Gasteiger partial charge in [-0.15, -0.1) is 12.4 Å². The third kappa shape index (κ3) is 4.96. The average molecular weight is 289 g/mol. The highest BCUT2D eigenvalue weighted by atomic mass is 35.5. The number of nitrogens with two attached hydrogens (primary N) is 1. The van der Waals surface area contributed by atoms with E-state index in [0.29, 0.717) is 18.5 Å². The Morgan fingerprint density at radius 1 is 1.39 bits per heavy atom. The van der Waals surface area contributed by atoms with Gasteiger partial charge in [-0.2, -0.15) is 11.3 Å². The monoisotopic (exact) mass is 288 g/mol. The first-order chi connectivity index (χ1) is 8.24. The van der Waals surface area contributed by atoms with Crippen molar-refractivity contribution in [3.05, 3.63) is 22.4 Å². The fraction of sp³-hybridized carbons (Fsp3) is 0.615. The van der Waals surface area contributed by atoms with Gasteiger partial charge in [-0.05, 0) is 54.5 Å². The summed E-state index contributed by atoms with van der Waals surface area (Å²) in [5.74, 6) is 0.177. The van der Waals surface area contributed by atoms with Gasteiger partial charge in [0.05, 0.1) is 0 Å². The smallest absolute Gasteiger partial charge is 0.220 e. The molecule has 1 fully saturated rings. The first-order valence-electron chi connectivity index (χ1n) is 6.30. The Labute approximate surface area is 119 Å². The summed E-state index contributed by atoms with van der Waals surface area (Å²) >= 11 is 1.68. The first kappa shape index (κ1) is 15.5. The van der Waals surface area contributed by atoms with Crippen LogP contribution in [0.1, 0.15) is 37.7 Å². The number of thiophene rings is 1. The lowest BCUT2D eigenvalue weighted by molar-refractivity contribution is -0.122. The third-order valence-corrected chi connectivity index (χ3v) is 4.09. The molecule has 2 rings (SSSR count). The Morgan fingerprint density at radius 2 is 2.11 bits per heavy atom. The van der Waals surface area contributed by atoms with E-state index in [2.05, 4.69) is 22.1 Å². The van der Waals surface area contributed by atoms with Crippen LogP contribution >= 0.6 is 23.7 Å². The molecule has 0 radical (unpaired) electrons. The molecule has 0 aromatic carbocycles. The summed E-state index contributed by atoms with van der Waals surface area (Å²) in [7, 11) is 0. The second kappa shape index (κ2) is 7.77. The topological polar surface area (TPSA) is 55.1 Å². The van der Waals surface area contributed by atoms with Crippen molar-refractivity contribution in [2.24, 2.45) is 5.73 Å². The maximum absolute atomic E-state index is 11.7. The predicted molar refractivity (Wildman–Crippen MR) is 78.3 cm³/mol. The van der Waals surface area contributed by atoms with Gasteiger partial charge in [-0.3, -0.25) is 4.79 Å². The minimum Gasteiger partial charge on any atom is -0.353 e. The molecule has 0 aliphatic heterocycles. The molecule has 3 nitrogen and oxygen atoms in total. The Hall–Kier alpha value is -0.580. The van der Waals surface area contributed by atoms with Crippen LogP contribution in [0.3, 0.4) is 0 Å². The van der Waals surface area contributed by atoms with Crippen molar-refractivity contribution in [3.63, 3.8) is 0 Å². The van der Waals surface area contributed by atoms with Crippen molar-refractivity contribution in [2.75, 3.05) is 0 Å². The molecule has 0 atom stereocenters. The molecule has 1 aliphatic rings. The van der Waals surface area contributed by atoms with Crippen molar-refractivity contribution in [2.45, 2.75) is 50.6 Å². The number of nitrogens with one attached hydrogen (secondary N) is 1. The van der Waals surface area contributed by atoms with Gasteiger partial charge in [0, 0.05) is 18.5 Å².